The van der Waals surface area contributed by atoms with Crippen molar-refractivity contribution in [2.75, 3.05) is 26.7 Å². The molecule has 1 amide bonds. The largest absolute Gasteiger partial charge is 0.341 e. The zero-order valence-corrected chi connectivity index (χ0v) is 16.0. The van der Waals surface area contributed by atoms with E-state index in [4.69, 9.17) is 0 Å². The predicted octanol–water partition coefficient (Wildman–Crippen LogP) is 2.89. The molecule has 2 aliphatic rings. The minimum Gasteiger partial charge on any atom is -0.341 e. The van der Waals surface area contributed by atoms with Gasteiger partial charge in [-0.1, -0.05) is 44.2 Å². The smallest absolute Gasteiger partial charge is 0.240 e. The van der Waals surface area contributed by atoms with Gasteiger partial charge in [0.1, 0.15) is 0 Å². The molecule has 1 atom stereocenters. The van der Waals surface area contributed by atoms with Crippen LogP contribution >= 0.6 is 0 Å². The molecule has 0 bridgehead atoms. The van der Waals surface area contributed by atoms with Gasteiger partial charge in [0.15, 0.2) is 0 Å². The van der Waals surface area contributed by atoms with Gasteiger partial charge in [-0.25, -0.2) is 0 Å². The van der Waals surface area contributed by atoms with Crippen LogP contribution in [0.4, 0.5) is 0 Å². The van der Waals surface area contributed by atoms with E-state index in [0.29, 0.717) is 6.04 Å². The Labute approximate surface area is 152 Å². The van der Waals surface area contributed by atoms with E-state index >= 15 is 0 Å². The fraction of sp³-hybridized carbons (Fsp3) is 0.667. The summed E-state index contributed by atoms with van der Waals surface area (Å²) in [4.78, 5) is 17.6. The zero-order chi connectivity index (χ0) is 17.9. The first-order valence-electron chi connectivity index (χ1n) is 9.74. The van der Waals surface area contributed by atoms with E-state index in [2.05, 4.69) is 54.4 Å². The number of rotatable bonds is 4. The molecular weight excluding hydrogens is 310 g/mol. The van der Waals surface area contributed by atoms with Crippen LogP contribution in [0.25, 0.3) is 0 Å². The van der Waals surface area contributed by atoms with Crippen LogP contribution in [0.5, 0.6) is 0 Å². The molecule has 25 heavy (non-hydrogen) atoms. The van der Waals surface area contributed by atoms with E-state index in [0.717, 1.165) is 45.4 Å². The first-order valence-corrected chi connectivity index (χ1v) is 9.74. The van der Waals surface area contributed by atoms with Gasteiger partial charge in [0.2, 0.25) is 5.91 Å². The summed E-state index contributed by atoms with van der Waals surface area (Å²) in [5.74, 6) is 0.284. The van der Waals surface area contributed by atoms with Gasteiger partial charge in [-0.15, -0.1) is 0 Å². The molecule has 2 fully saturated rings. The number of hydrogen-bond donors (Lipinski definition) is 1. The van der Waals surface area contributed by atoms with Crippen LogP contribution in [-0.4, -0.2) is 54.5 Å². The van der Waals surface area contributed by atoms with Crippen LogP contribution in [0.15, 0.2) is 30.3 Å². The Bertz CT molecular complexity index is 564. The molecule has 1 aromatic carbocycles. The Balaban J connectivity index is 1.52. The number of nitrogens with one attached hydrogen (secondary N) is 1. The summed E-state index contributed by atoms with van der Waals surface area (Å²) in [6.45, 7) is 8.55. The number of hydrogen-bond acceptors (Lipinski definition) is 3. The Morgan fingerprint density at radius 1 is 1.24 bits per heavy atom. The molecule has 4 nitrogen and oxygen atoms in total. The lowest BCUT2D eigenvalue weighted by atomic mass is 9.77. The molecule has 2 aliphatic heterocycles. The van der Waals surface area contributed by atoms with Gasteiger partial charge in [0, 0.05) is 32.7 Å². The summed E-state index contributed by atoms with van der Waals surface area (Å²) in [6, 6.07) is 11.0. The fourth-order valence-electron chi connectivity index (χ4n) is 4.32. The van der Waals surface area contributed by atoms with Crippen LogP contribution in [0, 0.1) is 5.41 Å². The highest BCUT2D eigenvalue weighted by molar-refractivity contribution is 5.83. The van der Waals surface area contributed by atoms with Crippen LogP contribution in [0.2, 0.25) is 0 Å². The molecule has 2 heterocycles. The second kappa shape index (κ2) is 7.88. The standard InChI is InChI=1S/C21H33N3O/c1-21(2)12-7-13-22-19(21)20(25)23(3)18-10-14-24(15-11-18)16-17-8-5-4-6-9-17/h4-6,8-9,18-19,22H,7,10-16H2,1-3H3. The molecule has 2 saturated heterocycles. The molecule has 0 radical (unpaired) electrons. The Hall–Kier alpha value is -1.39. The van der Waals surface area contributed by atoms with Gasteiger partial charge in [-0.05, 0) is 43.2 Å². The SMILES string of the molecule is CN(C(=O)C1NCCCC1(C)C)C1CCN(Cc2ccccc2)CC1. The predicted molar refractivity (Wildman–Crippen MR) is 102 cm³/mol. The van der Waals surface area contributed by atoms with E-state index in [-0.39, 0.29) is 17.4 Å². The number of benzene rings is 1. The molecule has 1 unspecified atom stereocenters. The molecule has 1 N–H and O–H groups in total. The number of carbonyl (C=O) groups is 1. The van der Waals surface area contributed by atoms with Crippen molar-refractivity contribution in [1.82, 2.24) is 15.1 Å². The van der Waals surface area contributed by atoms with E-state index in [1.54, 1.807) is 0 Å². The number of amides is 1. The number of likely N-dealkylation sites (N-methyl/N-ethyl adjacent to an activating group) is 1. The maximum Gasteiger partial charge on any atom is 0.240 e. The van der Waals surface area contributed by atoms with E-state index in [9.17, 15) is 4.79 Å². The van der Waals surface area contributed by atoms with Crippen LogP contribution in [-0.2, 0) is 11.3 Å². The summed E-state index contributed by atoms with van der Waals surface area (Å²) in [5.41, 5.74) is 1.43. The topological polar surface area (TPSA) is 35.6 Å². The summed E-state index contributed by atoms with van der Waals surface area (Å²) in [7, 11) is 2.01. The van der Waals surface area contributed by atoms with Crippen molar-refractivity contribution in [3.8, 4) is 0 Å². The van der Waals surface area contributed by atoms with Gasteiger partial charge in [-0.2, -0.15) is 0 Å². The van der Waals surface area contributed by atoms with Crippen molar-refractivity contribution in [3.05, 3.63) is 35.9 Å². The van der Waals surface area contributed by atoms with E-state index in [1.807, 2.05) is 11.9 Å². The summed E-state index contributed by atoms with van der Waals surface area (Å²) in [6.07, 6.45) is 4.43. The molecule has 1 aromatic rings. The van der Waals surface area contributed by atoms with Crippen molar-refractivity contribution >= 4 is 5.91 Å². The van der Waals surface area contributed by atoms with Crippen molar-refractivity contribution in [2.24, 2.45) is 5.41 Å². The Morgan fingerprint density at radius 2 is 1.92 bits per heavy atom. The van der Waals surface area contributed by atoms with Crippen molar-refractivity contribution in [3.63, 3.8) is 0 Å². The van der Waals surface area contributed by atoms with Crippen LogP contribution in [0.3, 0.4) is 0 Å². The minimum atomic E-state index is -0.0337. The lowest BCUT2D eigenvalue weighted by Crippen LogP contribution is -2.58. The summed E-state index contributed by atoms with van der Waals surface area (Å²) in [5, 5.41) is 3.47. The average molecular weight is 344 g/mol. The van der Waals surface area contributed by atoms with Gasteiger partial charge in [0.05, 0.1) is 6.04 Å². The first-order chi connectivity index (χ1) is 12.0. The van der Waals surface area contributed by atoms with Crippen molar-refractivity contribution < 1.29 is 4.79 Å². The highest BCUT2D eigenvalue weighted by atomic mass is 16.2. The molecule has 3 rings (SSSR count). The highest BCUT2D eigenvalue weighted by Crippen LogP contribution is 2.32. The third kappa shape index (κ3) is 4.42. The van der Waals surface area contributed by atoms with Gasteiger partial charge in [-0.3, -0.25) is 9.69 Å². The van der Waals surface area contributed by atoms with Gasteiger partial charge >= 0.3 is 0 Å². The number of carbonyl (C=O) groups excluding carboxylic acids is 1. The number of likely N-dealkylation sites (tertiary alicyclic amines) is 1. The number of piperidine rings is 2. The molecule has 138 valence electrons. The Morgan fingerprint density at radius 3 is 2.56 bits per heavy atom. The summed E-state index contributed by atoms with van der Waals surface area (Å²) < 4.78 is 0. The molecular formula is C21H33N3O. The third-order valence-electron chi connectivity index (χ3n) is 6.08. The van der Waals surface area contributed by atoms with Crippen LogP contribution in [0.1, 0.15) is 45.1 Å². The van der Waals surface area contributed by atoms with Crippen LogP contribution < -0.4 is 5.32 Å². The lowest BCUT2D eigenvalue weighted by molar-refractivity contribution is -0.139. The quantitative estimate of drug-likeness (QED) is 0.913. The Kier molecular flexibility index (Phi) is 5.80. The van der Waals surface area contributed by atoms with Crippen molar-refractivity contribution in [1.29, 1.82) is 0 Å². The third-order valence-corrected chi connectivity index (χ3v) is 6.08. The maximum atomic E-state index is 13.0. The highest BCUT2D eigenvalue weighted by Gasteiger charge is 2.40. The molecule has 4 heteroatoms. The van der Waals surface area contributed by atoms with E-state index < -0.39 is 0 Å². The normalized spacial score (nSPS) is 24.8. The fourth-order valence-corrected chi connectivity index (χ4v) is 4.32. The molecule has 0 aromatic heterocycles. The maximum absolute atomic E-state index is 13.0. The molecule has 0 spiro atoms. The first kappa shape index (κ1) is 18.4. The zero-order valence-electron chi connectivity index (χ0n) is 16.0. The average Bonchev–Trinajstić information content (AvgIpc) is 2.62. The second-order valence-electron chi connectivity index (χ2n) is 8.42. The van der Waals surface area contributed by atoms with Gasteiger partial charge < -0.3 is 10.2 Å². The lowest BCUT2D eigenvalue weighted by Gasteiger charge is -2.43. The molecule has 0 aliphatic carbocycles. The molecule has 0 saturated carbocycles. The summed E-state index contributed by atoms with van der Waals surface area (Å²) >= 11 is 0. The van der Waals surface area contributed by atoms with E-state index in [1.165, 1.54) is 12.0 Å². The minimum absolute atomic E-state index is 0.0337. The monoisotopic (exact) mass is 343 g/mol. The second-order valence-corrected chi connectivity index (χ2v) is 8.42. The van der Waals surface area contributed by atoms with Gasteiger partial charge in [0.25, 0.3) is 0 Å². The number of nitrogens with zero attached hydrogens (tertiary/aromatic N) is 2. The van der Waals surface area contributed by atoms with Crippen molar-refractivity contribution in [2.45, 2.75) is 58.2 Å².